The summed E-state index contributed by atoms with van der Waals surface area (Å²) < 4.78 is 27.1. The third-order valence-corrected chi connectivity index (χ3v) is 4.95. The molecule has 17 heavy (non-hydrogen) atoms. The summed E-state index contributed by atoms with van der Waals surface area (Å²) in [6, 6.07) is 0. The first-order chi connectivity index (χ1) is 8.12. The molecule has 102 valence electrons. The van der Waals surface area contributed by atoms with Gasteiger partial charge in [0.2, 0.25) is 0 Å². The minimum atomic E-state index is -3.53. The van der Waals surface area contributed by atoms with E-state index in [0.29, 0.717) is 13.1 Å². The van der Waals surface area contributed by atoms with Crippen LogP contribution in [-0.4, -0.2) is 66.6 Å². The highest BCUT2D eigenvalue weighted by Crippen LogP contribution is 2.16. The number of rotatable bonds is 6. The molecule has 1 aliphatic heterocycles. The fraction of sp³-hybridized carbons (Fsp3) is 1.00. The summed E-state index contributed by atoms with van der Waals surface area (Å²) >= 11 is 0. The average molecular weight is 266 g/mol. The Balaban J connectivity index is 2.74. The van der Waals surface area contributed by atoms with Crippen LogP contribution < -0.4 is 0 Å². The van der Waals surface area contributed by atoms with Crippen LogP contribution in [-0.2, 0) is 10.2 Å². The van der Waals surface area contributed by atoms with Crippen molar-refractivity contribution in [2.45, 2.75) is 25.7 Å². The molecule has 0 atom stereocenters. The van der Waals surface area contributed by atoms with Gasteiger partial charge in [-0.1, -0.05) is 12.8 Å². The number of hydrogen-bond donors (Lipinski definition) is 2. The Hall–Kier alpha value is -0.210. The summed E-state index contributed by atoms with van der Waals surface area (Å²) in [4.78, 5) is 0. The molecule has 0 aliphatic carbocycles. The predicted molar refractivity (Wildman–Crippen MR) is 64.7 cm³/mol. The van der Waals surface area contributed by atoms with Crippen LogP contribution in [0, 0.1) is 0 Å². The van der Waals surface area contributed by atoms with Crippen molar-refractivity contribution in [1.82, 2.24) is 8.61 Å². The SMILES string of the molecule is O=S(=O)(N(CCO)CCO)N1CCCCCC1. The van der Waals surface area contributed by atoms with Crippen molar-refractivity contribution >= 4 is 10.2 Å². The molecule has 2 N–H and O–H groups in total. The largest absolute Gasteiger partial charge is 0.395 e. The van der Waals surface area contributed by atoms with Crippen LogP contribution in [0.1, 0.15) is 25.7 Å². The van der Waals surface area contributed by atoms with Gasteiger partial charge in [0.05, 0.1) is 13.2 Å². The van der Waals surface area contributed by atoms with Gasteiger partial charge in [-0.25, -0.2) is 0 Å². The average Bonchev–Trinajstić information content (AvgIpc) is 2.57. The molecule has 0 saturated carbocycles. The van der Waals surface area contributed by atoms with E-state index >= 15 is 0 Å². The second-order valence-electron chi connectivity index (χ2n) is 4.17. The maximum absolute atomic E-state index is 12.2. The fourth-order valence-electron chi connectivity index (χ4n) is 2.00. The first-order valence-corrected chi connectivity index (χ1v) is 7.49. The summed E-state index contributed by atoms with van der Waals surface area (Å²) in [6.07, 6.45) is 3.88. The molecule has 0 unspecified atom stereocenters. The van der Waals surface area contributed by atoms with E-state index in [1.807, 2.05) is 0 Å². The van der Waals surface area contributed by atoms with Crippen LogP contribution in [0.3, 0.4) is 0 Å². The van der Waals surface area contributed by atoms with Crippen LogP contribution >= 0.6 is 0 Å². The quantitative estimate of drug-likeness (QED) is 0.672. The van der Waals surface area contributed by atoms with E-state index in [1.165, 1.54) is 4.31 Å². The highest BCUT2D eigenvalue weighted by Gasteiger charge is 2.29. The van der Waals surface area contributed by atoms with Crippen LogP contribution in [0.25, 0.3) is 0 Å². The maximum atomic E-state index is 12.2. The molecule has 1 saturated heterocycles. The number of nitrogens with zero attached hydrogens (tertiary/aromatic N) is 2. The lowest BCUT2D eigenvalue weighted by molar-refractivity contribution is 0.209. The van der Waals surface area contributed by atoms with Crippen LogP contribution in [0.15, 0.2) is 0 Å². The van der Waals surface area contributed by atoms with Crippen molar-refractivity contribution < 1.29 is 18.6 Å². The molecule has 0 bridgehead atoms. The van der Waals surface area contributed by atoms with E-state index in [2.05, 4.69) is 0 Å². The Morgan fingerprint density at radius 3 is 1.82 bits per heavy atom. The molecule has 6 nitrogen and oxygen atoms in total. The molecule has 0 aromatic carbocycles. The molecule has 1 fully saturated rings. The minimum Gasteiger partial charge on any atom is -0.395 e. The Morgan fingerprint density at radius 1 is 0.941 bits per heavy atom. The Bertz CT molecular complexity index is 285. The Labute approximate surface area is 103 Å². The Kier molecular flexibility index (Phi) is 6.35. The van der Waals surface area contributed by atoms with Gasteiger partial charge >= 0.3 is 0 Å². The standard InChI is InChI=1S/C10H22N2O4S/c13-9-7-12(8-10-14)17(15,16)11-5-3-1-2-4-6-11/h13-14H,1-10H2. The van der Waals surface area contributed by atoms with E-state index in [9.17, 15) is 8.42 Å². The molecule has 0 spiro atoms. The molecule has 0 radical (unpaired) electrons. The lowest BCUT2D eigenvalue weighted by Gasteiger charge is -2.28. The van der Waals surface area contributed by atoms with Crippen molar-refractivity contribution in [2.75, 3.05) is 39.4 Å². The molecule has 0 aromatic heterocycles. The molecular weight excluding hydrogens is 244 g/mol. The second kappa shape index (κ2) is 7.27. The first-order valence-electron chi connectivity index (χ1n) is 6.10. The van der Waals surface area contributed by atoms with Crippen LogP contribution in [0.4, 0.5) is 0 Å². The second-order valence-corrected chi connectivity index (χ2v) is 6.10. The minimum absolute atomic E-state index is 0.0411. The predicted octanol–water partition coefficient (Wildman–Crippen LogP) is -0.606. The van der Waals surface area contributed by atoms with E-state index in [-0.39, 0.29) is 26.3 Å². The van der Waals surface area contributed by atoms with Gasteiger partial charge in [-0.15, -0.1) is 0 Å². The molecule has 0 aromatic rings. The van der Waals surface area contributed by atoms with Gasteiger partial charge in [0.25, 0.3) is 10.2 Å². The summed E-state index contributed by atoms with van der Waals surface area (Å²) in [5.41, 5.74) is 0. The summed E-state index contributed by atoms with van der Waals surface area (Å²) in [6.45, 7) is 0.699. The molecule has 7 heteroatoms. The smallest absolute Gasteiger partial charge is 0.282 e. The maximum Gasteiger partial charge on any atom is 0.282 e. The summed E-state index contributed by atoms with van der Waals surface area (Å²) in [5.74, 6) is 0. The van der Waals surface area contributed by atoms with E-state index in [4.69, 9.17) is 10.2 Å². The highest BCUT2D eigenvalue weighted by atomic mass is 32.2. The van der Waals surface area contributed by atoms with Crippen LogP contribution in [0.5, 0.6) is 0 Å². The number of aliphatic hydroxyl groups excluding tert-OH is 2. The topological polar surface area (TPSA) is 81.1 Å². The molecule has 0 amide bonds. The van der Waals surface area contributed by atoms with Gasteiger partial charge < -0.3 is 10.2 Å². The zero-order valence-corrected chi connectivity index (χ0v) is 10.9. The molecule has 1 aliphatic rings. The van der Waals surface area contributed by atoms with Crippen molar-refractivity contribution in [3.05, 3.63) is 0 Å². The van der Waals surface area contributed by atoms with Gasteiger partial charge in [-0.2, -0.15) is 17.0 Å². The van der Waals surface area contributed by atoms with Crippen molar-refractivity contribution in [3.63, 3.8) is 0 Å². The Morgan fingerprint density at radius 2 is 1.41 bits per heavy atom. The highest BCUT2D eigenvalue weighted by molar-refractivity contribution is 7.86. The van der Waals surface area contributed by atoms with Gasteiger partial charge in [-0.3, -0.25) is 0 Å². The van der Waals surface area contributed by atoms with Crippen molar-refractivity contribution in [1.29, 1.82) is 0 Å². The molecule has 1 rings (SSSR count). The van der Waals surface area contributed by atoms with E-state index in [1.54, 1.807) is 0 Å². The van der Waals surface area contributed by atoms with Gasteiger partial charge in [0.1, 0.15) is 0 Å². The third kappa shape index (κ3) is 4.18. The normalized spacial score (nSPS) is 19.5. The van der Waals surface area contributed by atoms with Crippen molar-refractivity contribution in [2.24, 2.45) is 0 Å². The number of hydrogen-bond acceptors (Lipinski definition) is 4. The van der Waals surface area contributed by atoms with Crippen molar-refractivity contribution in [3.8, 4) is 0 Å². The van der Waals surface area contributed by atoms with Crippen LogP contribution in [0.2, 0.25) is 0 Å². The lowest BCUT2D eigenvalue weighted by Crippen LogP contribution is -2.46. The number of aliphatic hydroxyl groups is 2. The zero-order chi connectivity index (χ0) is 12.7. The monoisotopic (exact) mass is 266 g/mol. The molecule has 1 heterocycles. The van der Waals surface area contributed by atoms with Gasteiger partial charge in [0.15, 0.2) is 0 Å². The van der Waals surface area contributed by atoms with E-state index < -0.39 is 10.2 Å². The van der Waals surface area contributed by atoms with Gasteiger partial charge in [-0.05, 0) is 12.8 Å². The first kappa shape index (κ1) is 14.8. The zero-order valence-electron chi connectivity index (χ0n) is 10.1. The molecular formula is C10H22N2O4S. The van der Waals surface area contributed by atoms with E-state index in [0.717, 1.165) is 30.0 Å². The summed E-state index contributed by atoms with van der Waals surface area (Å²) in [5, 5.41) is 17.7. The van der Waals surface area contributed by atoms with Gasteiger partial charge in [0, 0.05) is 26.2 Å². The third-order valence-electron chi connectivity index (χ3n) is 2.92. The lowest BCUT2D eigenvalue weighted by atomic mass is 10.2. The summed E-state index contributed by atoms with van der Waals surface area (Å²) in [7, 11) is -3.53. The fourth-order valence-corrected chi connectivity index (χ4v) is 3.67.